The molecule has 6 heteroatoms. The molecule has 3 N–H and O–H groups in total. The molecular formula is C8H11NO5. The number of aliphatic hydroxyl groups is 1. The Morgan fingerprint density at radius 2 is 2.07 bits per heavy atom. The van der Waals surface area contributed by atoms with Crippen molar-refractivity contribution in [3.8, 4) is 0 Å². The fraction of sp³-hybridized carbons (Fsp3) is 0.500. The Labute approximate surface area is 80.2 Å². The number of carbonyl (C=O) groups excluding carboxylic acids is 1. The summed E-state index contributed by atoms with van der Waals surface area (Å²) >= 11 is 0. The summed E-state index contributed by atoms with van der Waals surface area (Å²) in [7, 11) is 0. The van der Waals surface area contributed by atoms with Gasteiger partial charge in [0, 0.05) is 12.2 Å². The molecule has 0 radical (unpaired) electrons. The van der Waals surface area contributed by atoms with E-state index < -0.39 is 24.0 Å². The fourth-order valence-electron chi connectivity index (χ4n) is 1.06. The lowest BCUT2D eigenvalue weighted by atomic mass is 10.2. The van der Waals surface area contributed by atoms with E-state index in [1.807, 2.05) is 0 Å². The molecule has 0 bridgehead atoms. The number of amides is 1. The van der Waals surface area contributed by atoms with Crippen LogP contribution in [0.5, 0.6) is 0 Å². The first-order valence-electron chi connectivity index (χ1n) is 4.07. The third kappa shape index (κ3) is 3.15. The highest BCUT2D eigenvalue weighted by atomic mass is 16.5. The molecule has 78 valence electrons. The van der Waals surface area contributed by atoms with E-state index in [1.54, 1.807) is 0 Å². The predicted octanol–water partition coefficient (Wildman–Crippen LogP) is -1.50. The van der Waals surface area contributed by atoms with Gasteiger partial charge in [-0.2, -0.15) is 0 Å². The number of carboxylic acids is 1. The molecule has 2 atom stereocenters. The van der Waals surface area contributed by atoms with Gasteiger partial charge in [-0.15, -0.1) is 0 Å². The number of aliphatic hydroxyl groups excluding tert-OH is 1. The number of ether oxygens (including phenoxy) is 1. The second-order valence-corrected chi connectivity index (χ2v) is 2.89. The Kier molecular flexibility index (Phi) is 3.61. The monoisotopic (exact) mass is 201 g/mol. The van der Waals surface area contributed by atoms with Crippen molar-refractivity contribution in [3.63, 3.8) is 0 Å². The van der Waals surface area contributed by atoms with Gasteiger partial charge < -0.3 is 20.3 Å². The molecule has 0 aromatic heterocycles. The van der Waals surface area contributed by atoms with Gasteiger partial charge in [0.15, 0.2) is 0 Å². The first-order chi connectivity index (χ1) is 6.59. The van der Waals surface area contributed by atoms with Gasteiger partial charge in [-0.3, -0.25) is 4.79 Å². The number of carboxylic acid groups (broad SMARTS) is 1. The quantitative estimate of drug-likeness (QED) is 0.483. The summed E-state index contributed by atoms with van der Waals surface area (Å²) < 4.78 is 4.89. The van der Waals surface area contributed by atoms with E-state index in [2.05, 4.69) is 5.32 Å². The Hall–Kier alpha value is -1.40. The lowest BCUT2D eigenvalue weighted by Crippen LogP contribution is -2.41. The van der Waals surface area contributed by atoms with Crippen molar-refractivity contribution in [2.75, 3.05) is 13.2 Å². The zero-order valence-corrected chi connectivity index (χ0v) is 7.34. The molecule has 6 nitrogen and oxygen atoms in total. The first kappa shape index (κ1) is 10.7. The molecule has 1 aliphatic heterocycles. The number of hydrogen-bond donors (Lipinski definition) is 3. The number of aliphatic carboxylic acids is 1. The van der Waals surface area contributed by atoms with Crippen LogP contribution in [0.15, 0.2) is 12.2 Å². The van der Waals surface area contributed by atoms with Crippen molar-refractivity contribution in [1.82, 2.24) is 5.32 Å². The van der Waals surface area contributed by atoms with Gasteiger partial charge in [0.25, 0.3) is 0 Å². The highest BCUT2D eigenvalue weighted by Crippen LogP contribution is 2.04. The van der Waals surface area contributed by atoms with Gasteiger partial charge in [-0.1, -0.05) is 0 Å². The Balaban J connectivity index is 2.36. The van der Waals surface area contributed by atoms with E-state index in [0.29, 0.717) is 0 Å². The number of nitrogens with one attached hydrogen (secondary N) is 1. The van der Waals surface area contributed by atoms with Crippen molar-refractivity contribution in [1.29, 1.82) is 0 Å². The van der Waals surface area contributed by atoms with Crippen LogP contribution in [0.25, 0.3) is 0 Å². The Morgan fingerprint density at radius 1 is 1.36 bits per heavy atom. The van der Waals surface area contributed by atoms with Crippen LogP contribution in [0.4, 0.5) is 0 Å². The molecule has 0 aromatic carbocycles. The van der Waals surface area contributed by atoms with Crippen LogP contribution in [0.2, 0.25) is 0 Å². The second kappa shape index (κ2) is 4.73. The van der Waals surface area contributed by atoms with E-state index in [9.17, 15) is 14.7 Å². The molecular weight excluding hydrogens is 190 g/mol. The number of carbonyl (C=O) groups is 2. The molecule has 1 rings (SSSR count). The smallest absolute Gasteiger partial charge is 0.328 e. The molecule has 1 aliphatic rings. The second-order valence-electron chi connectivity index (χ2n) is 2.89. The molecule has 1 saturated heterocycles. The summed E-state index contributed by atoms with van der Waals surface area (Å²) in [4.78, 5) is 21.1. The zero-order chi connectivity index (χ0) is 10.6. The molecule has 1 heterocycles. The van der Waals surface area contributed by atoms with E-state index in [0.717, 1.165) is 12.2 Å². The van der Waals surface area contributed by atoms with Crippen molar-refractivity contribution in [3.05, 3.63) is 12.2 Å². The van der Waals surface area contributed by atoms with Gasteiger partial charge in [-0.05, 0) is 0 Å². The highest BCUT2D eigenvalue weighted by Gasteiger charge is 2.26. The van der Waals surface area contributed by atoms with Gasteiger partial charge >= 0.3 is 5.97 Å². The van der Waals surface area contributed by atoms with E-state index in [-0.39, 0.29) is 13.2 Å². The maximum Gasteiger partial charge on any atom is 0.328 e. The molecule has 0 aliphatic carbocycles. The average Bonchev–Trinajstić information content (AvgIpc) is 2.49. The largest absolute Gasteiger partial charge is 0.478 e. The number of hydrogen-bond acceptors (Lipinski definition) is 4. The highest BCUT2D eigenvalue weighted by molar-refractivity contribution is 5.94. The van der Waals surface area contributed by atoms with Crippen molar-refractivity contribution in [2.45, 2.75) is 12.1 Å². The minimum Gasteiger partial charge on any atom is -0.478 e. The summed E-state index contributed by atoms with van der Waals surface area (Å²) in [6.07, 6.45) is 0.905. The minimum absolute atomic E-state index is 0.188. The van der Waals surface area contributed by atoms with Gasteiger partial charge in [0.05, 0.1) is 25.4 Å². The lowest BCUT2D eigenvalue weighted by Gasteiger charge is -2.12. The summed E-state index contributed by atoms with van der Waals surface area (Å²) in [6.45, 7) is 0.432. The van der Waals surface area contributed by atoms with Crippen LogP contribution in [-0.4, -0.2) is 47.4 Å². The van der Waals surface area contributed by atoms with Crippen molar-refractivity contribution in [2.24, 2.45) is 0 Å². The lowest BCUT2D eigenvalue weighted by molar-refractivity contribution is -0.131. The van der Waals surface area contributed by atoms with Crippen LogP contribution in [0.1, 0.15) is 0 Å². The summed E-state index contributed by atoms with van der Waals surface area (Å²) in [5.41, 5.74) is 0. The van der Waals surface area contributed by atoms with Gasteiger partial charge in [-0.25, -0.2) is 4.79 Å². The van der Waals surface area contributed by atoms with Gasteiger partial charge in [0.1, 0.15) is 0 Å². The fourth-order valence-corrected chi connectivity index (χ4v) is 1.06. The summed E-state index contributed by atoms with van der Waals surface area (Å²) in [6, 6.07) is -0.457. The van der Waals surface area contributed by atoms with Crippen LogP contribution in [0.3, 0.4) is 0 Å². The SMILES string of the molecule is O=C(O)/C=C/C(=O)N[C@@H]1COC[C@H]1O. The molecule has 0 saturated carbocycles. The molecule has 1 amide bonds. The van der Waals surface area contributed by atoms with E-state index in [4.69, 9.17) is 9.84 Å². The zero-order valence-electron chi connectivity index (χ0n) is 7.34. The standard InChI is InChI=1S/C8H11NO5/c10-6-4-14-3-5(6)9-7(11)1-2-8(12)13/h1-2,5-6,10H,3-4H2,(H,9,11)(H,12,13)/b2-1+/t5-,6-/m1/s1. The molecule has 0 unspecified atom stereocenters. The number of rotatable bonds is 3. The van der Waals surface area contributed by atoms with E-state index in [1.165, 1.54) is 0 Å². The van der Waals surface area contributed by atoms with Crippen LogP contribution in [0, 0.1) is 0 Å². The molecule has 14 heavy (non-hydrogen) atoms. The Bertz CT molecular complexity index is 262. The topological polar surface area (TPSA) is 95.9 Å². The molecule has 1 fully saturated rings. The molecule has 0 spiro atoms. The molecule has 0 aromatic rings. The maximum atomic E-state index is 11.0. The van der Waals surface area contributed by atoms with Crippen LogP contribution in [-0.2, 0) is 14.3 Å². The Morgan fingerprint density at radius 3 is 2.57 bits per heavy atom. The third-order valence-electron chi connectivity index (χ3n) is 1.76. The maximum absolute atomic E-state index is 11.0. The first-order valence-corrected chi connectivity index (χ1v) is 4.07. The predicted molar refractivity (Wildman–Crippen MR) is 45.5 cm³/mol. The average molecular weight is 201 g/mol. The summed E-state index contributed by atoms with van der Waals surface area (Å²) in [5.74, 6) is -1.75. The van der Waals surface area contributed by atoms with E-state index >= 15 is 0 Å². The summed E-state index contributed by atoms with van der Waals surface area (Å²) in [5, 5.41) is 19.9. The van der Waals surface area contributed by atoms with Crippen molar-refractivity contribution < 1.29 is 24.5 Å². The minimum atomic E-state index is -1.19. The van der Waals surface area contributed by atoms with Gasteiger partial charge in [0.2, 0.25) is 5.91 Å². The van der Waals surface area contributed by atoms with Crippen LogP contribution < -0.4 is 5.32 Å². The normalized spacial score (nSPS) is 26.6. The third-order valence-corrected chi connectivity index (χ3v) is 1.76. The van der Waals surface area contributed by atoms with Crippen LogP contribution >= 0.6 is 0 Å². The van der Waals surface area contributed by atoms with Crippen molar-refractivity contribution >= 4 is 11.9 Å².